The number of hydrogen-bond donors (Lipinski definition) is 1. The van der Waals surface area contributed by atoms with E-state index in [1.807, 2.05) is 0 Å². The Morgan fingerprint density at radius 1 is 1.20 bits per heavy atom. The van der Waals surface area contributed by atoms with Crippen molar-refractivity contribution in [2.75, 3.05) is 11.9 Å². The van der Waals surface area contributed by atoms with Gasteiger partial charge in [0, 0.05) is 17.3 Å². The van der Waals surface area contributed by atoms with Crippen LogP contribution in [0.5, 0.6) is 0 Å². The maximum atomic E-state index is 13.3. The van der Waals surface area contributed by atoms with Crippen molar-refractivity contribution >= 4 is 44.6 Å². The predicted octanol–water partition coefficient (Wildman–Crippen LogP) is 4.11. The van der Waals surface area contributed by atoms with Gasteiger partial charge in [0.15, 0.2) is 0 Å². The molecule has 0 aliphatic carbocycles. The lowest BCUT2D eigenvalue weighted by Crippen LogP contribution is -2.30. The number of halogens is 2. The summed E-state index contributed by atoms with van der Waals surface area (Å²) >= 11 is 6.97. The molecule has 1 atom stereocenters. The van der Waals surface area contributed by atoms with Crippen molar-refractivity contribution in [3.63, 3.8) is 0 Å². The third-order valence-corrected chi connectivity index (χ3v) is 7.77. The van der Waals surface area contributed by atoms with Crippen molar-refractivity contribution in [1.29, 1.82) is 0 Å². The van der Waals surface area contributed by atoms with Crippen molar-refractivity contribution in [2.45, 2.75) is 23.8 Å². The molecule has 1 aromatic heterocycles. The van der Waals surface area contributed by atoms with Crippen LogP contribution in [-0.2, 0) is 10.0 Å². The first-order chi connectivity index (χ1) is 14.3. The summed E-state index contributed by atoms with van der Waals surface area (Å²) in [4.78, 5) is 12.5. The first-order valence-electron chi connectivity index (χ1n) is 9.02. The monoisotopic (exact) mass is 466 g/mol. The van der Waals surface area contributed by atoms with Crippen LogP contribution in [0.15, 0.2) is 53.4 Å². The van der Waals surface area contributed by atoms with Gasteiger partial charge in [-0.1, -0.05) is 35.1 Å². The second-order valence-electron chi connectivity index (χ2n) is 6.64. The zero-order valence-corrected chi connectivity index (χ0v) is 17.8. The number of aromatic nitrogens is 2. The topological polar surface area (TPSA) is 92.3 Å². The fraction of sp³-hybridized carbons (Fsp3) is 0.211. The van der Waals surface area contributed by atoms with E-state index in [4.69, 9.17) is 11.6 Å². The summed E-state index contributed by atoms with van der Waals surface area (Å²) in [6, 6.07) is 11.1. The van der Waals surface area contributed by atoms with E-state index >= 15 is 0 Å². The Kier molecular flexibility index (Phi) is 5.83. The van der Waals surface area contributed by atoms with E-state index in [0.717, 1.165) is 11.3 Å². The number of rotatable bonds is 5. The van der Waals surface area contributed by atoms with Gasteiger partial charge < -0.3 is 5.32 Å². The number of sulfonamides is 1. The minimum atomic E-state index is -3.78. The van der Waals surface area contributed by atoms with Gasteiger partial charge in [-0.3, -0.25) is 4.79 Å². The van der Waals surface area contributed by atoms with Gasteiger partial charge in [0.1, 0.15) is 10.8 Å². The van der Waals surface area contributed by atoms with Crippen LogP contribution in [0.4, 0.5) is 10.1 Å². The van der Waals surface area contributed by atoms with Gasteiger partial charge in [-0.15, -0.1) is 10.2 Å². The molecule has 2 aromatic carbocycles. The highest BCUT2D eigenvalue weighted by Crippen LogP contribution is 2.38. The van der Waals surface area contributed by atoms with Gasteiger partial charge in [-0.25, -0.2) is 12.8 Å². The first-order valence-corrected chi connectivity index (χ1v) is 11.7. The van der Waals surface area contributed by atoms with Gasteiger partial charge in [0.05, 0.1) is 10.9 Å². The molecule has 0 saturated carbocycles. The Bertz CT molecular complexity index is 1200. The third kappa shape index (κ3) is 4.22. The molecular formula is C19H16ClFN4O3S2. The smallest absolute Gasteiger partial charge is 0.286 e. The average Bonchev–Trinajstić information content (AvgIpc) is 3.38. The highest BCUT2D eigenvalue weighted by Gasteiger charge is 2.38. The fourth-order valence-electron chi connectivity index (χ4n) is 3.25. The molecule has 4 rings (SSSR count). The third-order valence-electron chi connectivity index (χ3n) is 4.61. The second kappa shape index (κ2) is 8.38. The molecule has 1 aliphatic heterocycles. The molecular weight excluding hydrogens is 451 g/mol. The summed E-state index contributed by atoms with van der Waals surface area (Å²) < 4.78 is 40.9. The van der Waals surface area contributed by atoms with Crippen LogP contribution < -0.4 is 5.32 Å². The maximum Gasteiger partial charge on any atom is 0.286 e. The quantitative estimate of drug-likeness (QED) is 0.611. The van der Waals surface area contributed by atoms with Crippen LogP contribution in [0.3, 0.4) is 0 Å². The lowest BCUT2D eigenvalue weighted by molar-refractivity contribution is 0.102. The molecule has 0 unspecified atom stereocenters. The van der Waals surface area contributed by atoms with Gasteiger partial charge in [0.2, 0.25) is 15.0 Å². The number of nitrogens with zero attached hydrogens (tertiary/aromatic N) is 3. The maximum absolute atomic E-state index is 13.3. The van der Waals surface area contributed by atoms with Crippen LogP contribution in [-0.4, -0.2) is 35.4 Å². The molecule has 1 amide bonds. The summed E-state index contributed by atoms with van der Waals surface area (Å²) in [5, 5.41) is 11.4. The number of nitrogens with one attached hydrogen (secondary N) is 1. The van der Waals surface area contributed by atoms with Gasteiger partial charge in [-0.05, 0) is 49.2 Å². The van der Waals surface area contributed by atoms with Crippen molar-refractivity contribution < 1.29 is 17.6 Å². The number of hydrogen-bond acceptors (Lipinski definition) is 6. The van der Waals surface area contributed by atoms with Crippen LogP contribution in [0.2, 0.25) is 5.02 Å². The number of benzene rings is 2. The molecule has 7 nitrogen and oxygen atoms in total. The second-order valence-corrected chi connectivity index (χ2v) is 9.98. The number of amides is 1. The van der Waals surface area contributed by atoms with E-state index < -0.39 is 27.8 Å². The summed E-state index contributed by atoms with van der Waals surface area (Å²) in [5.74, 6) is -1.01. The van der Waals surface area contributed by atoms with Crippen LogP contribution >= 0.6 is 22.9 Å². The van der Waals surface area contributed by atoms with Crippen LogP contribution in [0.1, 0.15) is 33.7 Å². The van der Waals surface area contributed by atoms with Crippen molar-refractivity contribution in [2.24, 2.45) is 0 Å². The largest absolute Gasteiger partial charge is 0.320 e. The Balaban J connectivity index is 1.55. The molecule has 3 aromatic rings. The number of carbonyl (C=O) groups is 1. The fourth-order valence-corrected chi connectivity index (χ4v) is 6.16. The molecule has 30 heavy (non-hydrogen) atoms. The minimum Gasteiger partial charge on any atom is -0.320 e. The molecule has 1 saturated heterocycles. The Hall–Kier alpha value is -2.40. The van der Waals surface area contributed by atoms with Crippen molar-refractivity contribution in [3.05, 3.63) is 69.4 Å². The lowest BCUT2D eigenvalue weighted by atomic mass is 10.2. The Morgan fingerprint density at radius 2 is 2.00 bits per heavy atom. The summed E-state index contributed by atoms with van der Waals surface area (Å²) in [5.41, 5.74) is 0.294. The molecule has 0 bridgehead atoms. The standard InChI is InChI=1S/C19H16ClFN4O3S2/c20-12-4-1-7-15(10-12)30(27,28)25-9-3-8-16(25)18-23-24-19(29-18)17(26)22-14-6-2-5-13(21)11-14/h1-2,4-7,10-11,16H,3,8-9H2,(H,22,26)/t16-/m1/s1. The van der Waals surface area contributed by atoms with Gasteiger partial charge in [0.25, 0.3) is 5.91 Å². The Morgan fingerprint density at radius 3 is 2.77 bits per heavy atom. The van der Waals surface area contributed by atoms with Gasteiger partial charge >= 0.3 is 0 Å². The zero-order valence-electron chi connectivity index (χ0n) is 15.5. The molecule has 1 N–H and O–H groups in total. The molecule has 156 valence electrons. The van der Waals surface area contributed by atoms with Crippen LogP contribution in [0.25, 0.3) is 0 Å². The van der Waals surface area contributed by atoms with E-state index in [-0.39, 0.29) is 9.90 Å². The summed E-state index contributed by atoms with van der Waals surface area (Å²) in [6.07, 6.45) is 1.23. The molecule has 11 heteroatoms. The minimum absolute atomic E-state index is 0.0706. The number of carbonyl (C=O) groups excluding carboxylic acids is 1. The van der Waals surface area contributed by atoms with E-state index in [1.54, 1.807) is 18.2 Å². The van der Waals surface area contributed by atoms with Crippen LogP contribution in [0, 0.1) is 5.82 Å². The predicted molar refractivity (Wildman–Crippen MR) is 112 cm³/mol. The van der Waals surface area contributed by atoms with Crippen molar-refractivity contribution in [3.8, 4) is 0 Å². The van der Waals surface area contributed by atoms with Crippen molar-refractivity contribution in [1.82, 2.24) is 14.5 Å². The highest BCUT2D eigenvalue weighted by atomic mass is 35.5. The zero-order chi connectivity index (χ0) is 21.3. The SMILES string of the molecule is O=C(Nc1cccc(F)c1)c1nnc([C@H]2CCCN2S(=O)(=O)c2cccc(Cl)c2)s1. The summed E-state index contributed by atoms with van der Waals surface area (Å²) in [6.45, 7) is 0.337. The van der Waals surface area contributed by atoms with E-state index in [9.17, 15) is 17.6 Å². The highest BCUT2D eigenvalue weighted by molar-refractivity contribution is 7.89. The van der Waals surface area contributed by atoms with E-state index in [0.29, 0.717) is 35.1 Å². The lowest BCUT2D eigenvalue weighted by Gasteiger charge is -2.22. The van der Waals surface area contributed by atoms with E-state index in [2.05, 4.69) is 15.5 Å². The Labute approximate surface area is 181 Å². The number of anilines is 1. The molecule has 1 fully saturated rings. The normalized spacial score (nSPS) is 17.2. The van der Waals surface area contributed by atoms with E-state index in [1.165, 1.54) is 34.6 Å². The summed E-state index contributed by atoms with van der Waals surface area (Å²) in [7, 11) is -3.78. The molecule has 2 heterocycles. The molecule has 0 spiro atoms. The average molecular weight is 467 g/mol. The molecule has 1 aliphatic rings. The first kappa shape index (κ1) is 20.9. The van der Waals surface area contributed by atoms with Gasteiger partial charge in [-0.2, -0.15) is 4.31 Å². The molecule has 0 radical (unpaired) electrons.